The average Bonchev–Trinajstić information content (AvgIpc) is 3.17. The van der Waals surface area contributed by atoms with Gasteiger partial charge in [-0.25, -0.2) is 13.4 Å². The van der Waals surface area contributed by atoms with Gasteiger partial charge in [0.05, 0.1) is 20.9 Å². The van der Waals surface area contributed by atoms with Crippen molar-refractivity contribution in [2.24, 2.45) is 0 Å². The van der Waals surface area contributed by atoms with Crippen molar-refractivity contribution in [1.82, 2.24) is 4.98 Å². The van der Waals surface area contributed by atoms with E-state index < -0.39 is 9.84 Å². The normalized spacial score (nSPS) is 11.6. The van der Waals surface area contributed by atoms with Crippen LogP contribution in [-0.4, -0.2) is 25.1 Å². The number of thiazole rings is 1. The van der Waals surface area contributed by atoms with Crippen molar-refractivity contribution in [3.8, 4) is 10.6 Å². The highest BCUT2D eigenvalue weighted by atomic mass is 32.2. The van der Waals surface area contributed by atoms with Gasteiger partial charge in [-0.15, -0.1) is 11.3 Å². The van der Waals surface area contributed by atoms with Crippen molar-refractivity contribution in [1.29, 1.82) is 0 Å². The average molecular weight is 465 g/mol. The number of amides is 1. The van der Waals surface area contributed by atoms with E-state index in [1.807, 2.05) is 37.3 Å². The molecule has 0 atom stereocenters. The number of aromatic nitrogens is 1. The third-order valence-electron chi connectivity index (χ3n) is 5.16. The Labute approximate surface area is 192 Å². The molecule has 7 heteroatoms. The zero-order valence-electron chi connectivity index (χ0n) is 18.0. The Kier molecular flexibility index (Phi) is 6.39. The van der Waals surface area contributed by atoms with Gasteiger partial charge >= 0.3 is 0 Å². The van der Waals surface area contributed by atoms with E-state index in [-0.39, 0.29) is 24.5 Å². The number of hydrogen-bond acceptors (Lipinski definition) is 5. The quantitative estimate of drug-likeness (QED) is 0.377. The van der Waals surface area contributed by atoms with E-state index in [1.54, 1.807) is 35.6 Å². The number of benzene rings is 3. The van der Waals surface area contributed by atoms with Crippen LogP contribution in [0.5, 0.6) is 0 Å². The molecule has 0 spiro atoms. The second kappa shape index (κ2) is 9.22. The predicted octanol–water partition coefficient (Wildman–Crippen LogP) is 5.77. The molecule has 1 N–H and O–H groups in total. The number of fused-ring (bicyclic) bond motifs is 1. The van der Waals surface area contributed by atoms with Crippen LogP contribution in [0.3, 0.4) is 0 Å². The topological polar surface area (TPSA) is 76.1 Å². The number of rotatable bonds is 7. The van der Waals surface area contributed by atoms with Gasteiger partial charge in [0, 0.05) is 17.7 Å². The predicted molar refractivity (Wildman–Crippen MR) is 131 cm³/mol. The van der Waals surface area contributed by atoms with Crippen LogP contribution in [-0.2, 0) is 14.6 Å². The van der Waals surface area contributed by atoms with E-state index >= 15 is 0 Å². The molecule has 1 aromatic heterocycles. The SMILES string of the molecule is Cc1ccc(S(=O)(=O)CCCC(=O)Nc2ccc(-c3nc4ccc(C)cc4s3)cc2)cc1. The molecule has 1 amide bonds. The van der Waals surface area contributed by atoms with Crippen molar-refractivity contribution in [2.45, 2.75) is 31.6 Å². The van der Waals surface area contributed by atoms with Gasteiger partial charge in [-0.05, 0) is 74.4 Å². The minimum Gasteiger partial charge on any atom is -0.326 e. The number of nitrogens with zero attached hydrogens (tertiary/aromatic N) is 1. The van der Waals surface area contributed by atoms with E-state index in [2.05, 4.69) is 29.4 Å². The lowest BCUT2D eigenvalue weighted by Crippen LogP contribution is -2.14. The van der Waals surface area contributed by atoms with Gasteiger partial charge in [0.15, 0.2) is 9.84 Å². The molecule has 164 valence electrons. The van der Waals surface area contributed by atoms with Crippen LogP contribution >= 0.6 is 11.3 Å². The standard InChI is InChI=1S/C25H24N2O3S2/c1-17-5-12-21(13-6-17)32(29,30)15-3-4-24(28)26-20-10-8-19(9-11-20)25-27-22-14-7-18(2)16-23(22)31-25/h5-14,16H,3-4,15H2,1-2H3,(H,26,28). The fourth-order valence-electron chi connectivity index (χ4n) is 3.36. The molecule has 0 radical (unpaired) electrons. The summed E-state index contributed by atoms with van der Waals surface area (Å²) in [6, 6.07) is 20.5. The molecule has 4 aromatic rings. The first-order chi connectivity index (χ1) is 15.3. The van der Waals surface area contributed by atoms with Crippen LogP contribution in [0.15, 0.2) is 71.6 Å². The summed E-state index contributed by atoms with van der Waals surface area (Å²) in [7, 11) is -3.38. The van der Waals surface area contributed by atoms with Gasteiger partial charge in [-0.1, -0.05) is 23.8 Å². The molecule has 3 aromatic carbocycles. The molecule has 0 unspecified atom stereocenters. The first kappa shape index (κ1) is 22.2. The molecular formula is C25H24N2O3S2. The Morgan fingerprint density at radius 1 is 0.938 bits per heavy atom. The van der Waals surface area contributed by atoms with Gasteiger partial charge in [0.2, 0.25) is 5.91 Å². The molecule has 5 nitrogen and oxygen atoms in total. The largest absolute Gasteiger partial charge is 0.326 e. The fraction of sp³-hybridized carbons (Fsp3) is 0.200. The highest BCUT2D eigenvalue weighted by molar-refractivity contribution is 7.91. The number of anilines is 1. The molecule has 32 heavy (non-hydrogen) atoms. The van der Waals surface area contributed by atoms with Crippen molar-refractivity contribution in [3.05, 3.63) is 77.9 Å². The van der Waals surface area contributed by atoms with Gasteiger partial charge in [0.25, 0.3) is 0 Å². The Bertz CT molecular complexity index is 1360. The summed E-state index contributed by atoms with van der Waals surface area (Å²) in [5.74, 6) is -0.258. The molecular weight excluding hydrogens is 440 g/mol. The second-order valence-corrected chi connectivity index (χ2v) is 11.0. The first-order valence-electron chi connectivity index (χ1n) is 10.4. The molecule has 0 aliphatic carbocycles. The van der Waals surface area contributed by atoms with E-state index in [9.17, 15) is 13.2 Å². The number of carbonyl (C=O) groups excluding carboxylic acids is 1. The monoisotopic (exact) mass is 464 g/mol. The Morgan fingerprint density at radius 3 is 2.34 bits per heavy atom. The smallest absolute Gasteiger partial charge is 0.224 e. The minimum absolute atomic E-state index is 0.0561. The van der Waals surface area contributed by atoms with Gasteiger partial charge in [0.1, 0.15) is 5.01 Å². The second-order valence-electron chi connectivity index (χ2n) is 7.85. The van der Waals surface area contributed by atoms with E-state index in [0.717, 1.165) is 26.4 Å². The number of carbonyl (C=O) groups is 1. The van der Waals surface area contributed by atoms with Crippen LogP contribution in [0.2, 0.25) is 0 Å². The van der Waals surface area contributed by atoms with Crippen LogP contribution < -0.4 is 5.32 Å². The van der Waals surface area contributed by atoms with Crippen molar-refractivity contribution >= 4 is 43.0 Å². The maximum atomic E-state index is 12.4. The maximum Gasteiger partial charge on any atom is 0.224 e. The number of hydrogen-bond donors (Lipinski definition) is 1. The van der Waals surface area contributed by atoms with Crippen molar-refractivity contribution in [3.63, 3.8) is 0 Å². The Hall–Kier alpha value is -3.03. The van der Waals surface area contributed by atoms with Gasteiger partial charge in [-0.3, -0.25) is 4.79 Å². The Morgan fingerprint density at radius 2 is 1.62 bits per heavy atom. The zero-order valence-corrected chi connectivity index (χ0v) is 19.6. The molecule has 1 heterocycles. The summed E-state index contributed by atoms with van der Waals surface area (Å²) in [5.41, 5.74) is 4.86. The van der Waals surface area contributed by atoms with Crippen molar-refractivity contribution < 1.29 is 13.2 Å². The third-order valence-corrected chi connectivity index (χ3v) is 8.04. The third kappa shape index (κ3) is 5.23. The summed E-state index contributed by atoms with van der Waals surface area (Å²) in [5, 5.41) is 3.77. The van der Waals surface area contributed by atoms with E-state index in [1.165, 1.54) is 5.56 Å². The fourth-order valence-corrected chi connectivity index (χ4v) is 5.74. The van der Waals surface area contributed by atoms with Crippen LogP contribution in [0.4, 0.5) is 5.69 Å². The van der Waals surface area contributed by atoms with Gasteiger partial charge < -0.3 is 5.32 Å². The van der Waals surface area contributed by atoms with Crippen LogP contribution in [0, 0.1) is 13.8 Å². The maximum absolute atomic E-state index is 12.4. The summed E-state index contributed by atoms with van der Waals surface area (Å²) in [6.07, 6.45) is 0.412. The number of nitrogens with one attached hydrogen (secondary N) is 1. The zero-order chi connectivity index (χ0) is 22.7. The lowest BCUT2D eigenvalue weighted by Gasteiger charge is -2.07. The number of aryl methyl sites for hydroxylation is 2. The first-order valence-corrected chi connectivity index (χ1v) is 12.8. The van der Waals surface area contributed by atoms with E-state index in [0.29, 0.717) is 10.6 Å². The molecule has 0 bridgehead atoms. The minimum atomic E-state index is -3.38. The van der Waals surface area contributed by atoms with Crippen LogP contribution in [0.25, 0.3) is 20.8 Å². The Balaban J connectivity index is 1.33. The molecule has 4 rings (SSSR count). The molecule has 0 aliphatic heterocycles. The molecule has 0 saturated carbocycles. The molecule has 0 saturated heterocycles. The lowest BCUT2D eigenvalue weighted by molar-refractivity contribution is -0.116. The highest BCUT2D eigenvalue weighted by Crippen LogP contribution is 2.31. The summed E-state index contributed by atoms with van der Waals surface area (Å²) < 4.78 is 26.0. The van der Waals surface area contributed by atoms with Crippen molar-refractivity contribution in [2.75, 3.05) is 11.1 Å². The van der Waals surface area contributed by atoms with Crippen LogP contribution in [0.1, 0.15) is 24.0 Å². The molecule has 0 fully saturated rings. The summed E-state index contributed by atoms with van der Waals surface area (Å²) in [6.45, 7) is 3.97. The number of sulfone groups is 1. The summed E-state index contributed by atoms with van der Waals surface area (Å²) >= 11 is 1.64. The van der Waals surface area contributed by atoms with Gasteiger partial charge in [-0.2, -0.15) is 0 Å². The lowest BCUT2D eigenvalue weighted by atomic mass is 10.2. The van der Waals surface area contributed by atoms with E-state index in [4.69, 9.17) is 0 Å². The highest BCUT2D eigenvalue weighted by Gasteiger charge is 2.15. The molecule has 0 aliphatic rings. The summed E-state index contributed by atoms with van der Waals surface area (Å²) in [4.78, 5) is 17.2.